The van der Waals surface area contributed by atoms with Gasteiger partial charge in [0, 0.05) is 39.3 Å². The Bertz CT molecular complexity index is 437. The molecule has 2 aliphatic heterocycles. The van der Waals surface area contributed by atoms with Crippen LogP contribution in [-0.2, 0) is 14.3 Å². The zero-order valence-corrected chi connectivity index (χ0v) is 14.1. The van der Waals surface area contributed by atoms with Crippen molar-refractivity contribution in [3.05, 3.63) is 0 Å². The molecule has 3 rings (SSSR count). The molecule has 23 heavy (non-hydrogen) atoms. The van der Waals surface area contributed by atoms with Crippen LogP contribution in [0.1, 0.15) is 26.2 Å². The molecule has 0 spiro atoms. The van der Waals surface area contributed by atoms with Crippen LogP contribution in [0.25, 0.3) is 0 Å². The quantitative estimate of drug-likeness (QED) is 0.792. The van der Waals surface area contributed by atoms with Crippen molar-refractivity contribution in [2.45, 2.75) is 26.2 Å². The number of nitrogens with one attached hydrogen (secondary N) is 1. The maximum absolute atomic E-state index is 12.5. The minimum absolute atomic E-state index is 0.0571. The van der Waals surface area contributed by atoms with E-state index in [1.54, 1.807) is 0 Å². The second-order valence-corrected chi connectivity index (χ2v) is 7.23. The van der Waals surface area contributed by atoms with Crippen LogP contribution in [0, 0.1) is 17.8 Å². The third-order valence-corrected chi connectivity index (χ3v) is 5.24. The summed E-state index contributed by atoms with van der Waals surface area (Å²) in [7, 11) is 0. The molecule has 2 saturated heterocycles. The Morgan fingerprint density at radius 3 is 2.70 bits per heavy atom. The molecule has 1 aliphatic carbocycles. The average molecular weight is 323 g/mol. The van der Waals surface area contributed by atoms with Crippen molar-refractivity contribution >= 4 is 11.8 Å². The number of carbonyl (C=O) groups excluding carboxylic acids is 2. The van der Waals surface area contributed by atoms with E-state index in [1.807, 2.05) is 4.90 Å². The highest BCUT2D eigenvalue weighted by Crippen LogP contribution is 2.40. The lowest BCUT2D eigenvalue weighted by molar-refractivity contribution is -0.136. The van der Waals surface area contributed by atoms with Gasteiger partial charge in [0.05, 0.1) is 25.0 Å². The van der Waals surface area contributed by atoms with Crippen LogP contribution in [0.2, 0.25) is 0 Å². The van der Waals surface area contributed by atoms with Gasteiger partial charge in [0.1, 0.15) is 0 Å². The van der Waals surface area contributed by atoms with Crippen LogP contribution in [0.5, 0.6) is 0 Å². The molecule has 0 aromatic rings. The first-order valence-corrected chi connectivity index (χ1v) is 9.01. The summed E-state index contributed by atoms with van der Waals surface area (Å²) in [5.41, 5.74) is 0. The van der Waals surface area contributed by atoms with Crippen molar-refractivity contribution < 1.29 is 14.3 Å². The zero-order valence-electron chi connectivity index (χ0n) is 14.1. The number of morpholine rings is 1. The molecule has 0 radical (unpaired) electrons. The number of ether oxygens (including phenoxy) is 1. The van der Waals surface area contributed by atoms with E-state index in [1.165, 1.54) is 6.42 Å². The topological polar surface area (TPSA) is 61.9 Å². The van der Waals surface area contributed by atoms with Gasteiger partial charge in [-0.15, -0.1) is 0 Å². The summed E-state index contributed by atoms with van der Waals surface area (Å²) < 4.78 is 5.31. The van der Waals surface area contributed by atoms with Crippen LogP contribution in [0.4, 0.5) is 0 Å². The highest BCUT2D eigenvalue weighted by atomic mass is 16.5. The molecule has 6 heteroatoms. The lowest BCUT2D eigenvalue weighted by Gasteiger charge is -2.31. The third-order valence-electron chi connectivity index (χ3n) is 5.24. The molecule has 6 nitrogen and oxygen atoms in total. The Morgan fingerprint density at radius 2 is 1.96 bits per heavy atom. The summed E-state index contributed by atoms with van der Waals surface area (Å²) in [5, 5.41) is 3.00. The summed E-state index contributed by atoms with van der Waals surface area (Å²) in [4.78, 5) is 28.9. The molecule has 3 fully saturated rings. The van der Waals surface area contributed by atoms with Gasteiger partial charge in [0.25, 0.3) is 0 Å². The molecule has 1 saturated carbocycles. The van der Waals surface area contributed by atoms with Crippen molar-refractivity contribution in [1.29, 1.82) is 0 Å². The minimum atomic E-state index is -0.0931. The first-order chi connectivity index (χ1) is 11.1. The predicted octanol–water partition coefficient (Wildman–Crippen LogP) is 0.329. The van der Waals surface area contributed by atoms with Crippen molar-refractivity contribution in [1.82, 2.24) is 15.1 Å². The Labute approximate surface area is 138 Å². The third kappa shape index (κ3) is 4.44. The normalized spacial score (nSPS) is 31.7. The number of carbonyl (C=O) groups is 2. The average Bonchev–Trinajstić information content (AvgIpc) is 3.36. The molecule has 2 amide bonds. The molecule has 0 aromatic carbocycles. The van der Waals surface area contributed by atoms with Gasteiger partial charge in [-0.2, -0.15) is 0 Å². The molecule has 0 aromatic heterocycles. The summed E-state index contributed by atoms with van der Waals surface area (Å²) in [6, 6.07) is 0. The molecule has 130 valence electrons. The van der Waals surface area contributed by atoms with E-state index < -0.39 is 0 Å². The van der Waals surface area contributed by atoms with Crippen molar-refractivity contribution in [3.63, 3.8) is 0 Å². The van der Waals surface area contributed by atoms with Crippen LogP contribution in [0.15, 0.2) is 0 Å². The fraction of sp³-hybridized carbons (Fsp3) is 0.882. The molecule has 3 unspecified atom stereocenters. The molecule has 3 atom stereocenters. The van der Waals surface area contributed by atoms with Crippen LogP contribution in [0.3, 0.4) is 0 Å². The number of likely N-dealkylation sites (tertiary alicyclic amines) is 1. The van der Waals surface area contributed by atoms with Gasteiger partial charge in [0.15, 0.2) is 0 Å². The summed E-state index contributed by atoms with van der Waals surface area (Å²) >= 11 is 0. The van der Waals surface area contributed by atoms with Crippen LogP contribution in [-0.4, -0.2) is 74.1 Å². The molecular formula is C17H29N3O3. The maximum Gasteiger partial charge on any atom is 0.226 e. The van der Waals surface area contributed by atoms with Gasteiger partial charge in [0.2, 0.25) is 11.8 Å². The summed E-state index contributed by atoms with van der Waals surface area (Å²) in [6.07, 6.45) is 3.03. The van der Waals surface area contributed by atoms with E-state index in [0.29, 0.717) is 12.5 Å². The number of rotatable bonds is 5. The van der Waals surface area contributed by atoms with Crippen molar-refractivity contribution in [2.24, 2.45) is 17.8 Å². The lowest BCUT2D eigenvalue weighted by atomic mass is 10.00. The summed E-state index contributed by atoms with van der Waals surface area (Å²) in [6.45, 7) is 8.89. The summed E-state index contributed by atoms with van der Waals surface area (Å²) in [5.74, 6) is 0.687. The maximum atomic E-state index is 12.5. The highest BCUT2D eigenvalue weighted by Gasteiger charge is 2.49. The molecule has 0 bridgehead atoms. The Hall–Kier alpha value is -1.14. The second-order valence-electron chi connectivity index (χ2n) is 7.23. The highest BCUT2D eigenvalue weighted by molar-refractivity contribution is 5.92. The van der Waals surface area contributed by atoms with E-state index in [0.717, 1.165) is 58.8 Å². The smallest absolute Gasteiger partial charge is 0.226 e. The molecular weight excluding hydrogens is 294 g/mol. The Balaban J connectivity index is 1.35. The van der Waals surface area contributed by atoms with E-state index in [4.69, 9.17) is 4.74 Å². The van der Waals surface area contributed by atoms with Crippen LogP contribution >= 0.6 is 0 Å². The number of hydrogen-bond donors (Lipinski definition) is 1. The number of hydrogen-bond acceptors (Lipinski definition) is 4. The van der Waals surface area contributed by atoms with E-state index in [-0.39, 0.29) is 23.7 Å². The number of amides is 2. The van der Waals surface area contributed by atoms with Crippen molar-refractivity contribution in [3.8, 4) is 0 Å². The first-order valence-electron chi connectivity index (χ1n) is 9.01. The lowest BCUT2D eigenvalue weighted by Crippen LogP contribution is -2.42. The van der Waals surface area contributed by atoms with E-state index in [9.17, 15) is 9.59 Å². The van der Waals surface area contributed by atoms with E-state index >= 15 is 0 Å². The SMILES string of the molecule is CC1CCCN(C(=O)C2CC2C(=O)NCCN2CCOCC2)C1. The number of piperidine rings is 1. The van der Waals surface area contributed by atoms with Gasteiger partial charge in [-0.25, -0.2) is 0 Å². The Morgan fingerprint density at radius 1 is 1.17 bits per heavy atom. The molecule has 2 heterocycles. The second kappa shape index (κ2) is 7.62. The van der Waals surface area contributed by atoms with Gasteiger partial charge in [-0.1, -0.05) is 6.92 Å². The minimum Gasteiger partial charge on any atom is -0.379 e. The predicted molar refractivity (Wildman–Crippen MR) is 86.8 cm³/mol. The van der Waals surface area contributed by atoms with Crippen molar-refractivity contribution in [2.75, 3.05) is 52.5 Å². The Kier molecular flexibility index (Phi) is 5.54. The first kappa shape index (κ1) is 16.7. The van der Waals surface area contributed by atoms with Crippen LogP contribution < -0.4 is 5.32 Å². The monoisotopic (exact) mass is 323 g/mol. The van der Waals surface area contributed by atoms with E-state index in [2.05, 4.69) is 17.1 Å². The fourth-order valence-electron chi connectivity index (χ4n) is 3.67. The number of nitrogens with zero attached hydrogens (tertiary/aromatic N) is 2. The van der Waals surface area contributed by atoms with Gasteiger partial charge in [-0.3, -0.25) is 14.5 Å². The van der Waals surface area contributed by atoms with Gasteiger partial charge in [-0.05, 0) is 25.2 Å². The fourth-order valence-corrected chi connectivity index (χ4v) is 3.67. The zero-order chi connectivity index (χ0) is 16.2. The largest absolute Gasteiger partial charge is 0.379 e. The molecule has 3 aliphatic rings. The molecule has 1 N–H and O–H groups in total. The van der Waals surface area contributed by atoms with Gasteiger partial charge >= 0.3 is 0 Å². The van der Waals surface area contributed by atoms with Gasteiger partial charge < -0.3 is 15.0 Å². The standard InChI is InChI=1S/C17H29N3O3/c1-13-3-2-5-20(12-13)17(22)15-11-14(15)16(21)18-4-6-19-7-9-23-10-8-19/h13-15H,2-12H2,1H3,(H,18,21).